The number of amides is 2. The molecule has 1 unspecified atom stereocenters. The molecule has 34 heavy (non-hydrogen) atoms. The average Bonchev–Trinajstić information content (AvgIpc) is 2.78. The van der Waals surface area contributed by atoms with Crippen molar-refractivity contribution in [2.45, 2.75) is 65.5 Å². The molecule has 1 N–H and O–H groups in total. The van der Waals surface area contributed by atoms with E-state index in [0.29, 0.717) is 28.8 Å². The fraction of sp³-hybridized carbons (Fsp3) is 0.462. The van der Waals surface area contributed by atoms with Crippen LogP contribution in [-0.4, -0.2) is 35.9 Å². The first-order chi connectivity index (χ1) is 16.0. The Morgan fingerprint density at radius 1 is 1.09 bits per heavy atom. The maximum Gasteiger partial charge on any atom is 0.261 e. The lowest BCUT2D eigenvalue weighted by Crippen LogP contribution is -2.50. The quantitative estimate of drug-likeness (QED) is 0.342. The van der Waals surface area contributed by atoms with E-state index in [1.54, 1.807) is 23.1 Å². The van der Waals surface area contributed by atoms with Crippen LogP contribution in [0.4, 0.5) is 0 Å². The van der Waals surface area contributed by atoms with Gasteiger partial charge in [-0.2, -0.15) is 0 Å². The average molecular weight is 572 g/mol. The highest BCUT2D eigenvalue weighted by molar-refractivity contribution is 9.10. The summed E-state index contributed by atoms with van der Waals surface area (Å²) >= 11 is 15.8. The smallest absolute Gasteiger partial charge is 0.261 e. The molecule has 0 aliphatic rings. The first-order valence-electron chi connectivity index (χ1n) is 11.4. The third kappa shape index (κ3) is 7.89. The van der Waals surface area contributed by atoms with Crippen LogP contribution in [-0.2, 0) is 21.5 Å². The van der Waals surface area contributed by atoms with Crippen molar-refractivity contribution in [2.24, 2.45) is 0 Å². The van der Waals surface area contributed by atoms with Crippen LogP contribution >= 0.6 is 39.1 Å². The van der Waals surface area contributed by atoms with Crippen molar-refractivity contribution in [1.82, 2.24) is 10.2 Å². The first-order valence-corrected chi connectivity index (χ1v) is 13.0. The summed E-state index contributed by atoms with van der Waals surface area (Å²) in [5.41, 5.74) is 1.92. The topological polar surface area (TPSA) is 58.6 Å². The van der Waals surface area contributed by atoms with Gasteiger partial charge in [-0.1, -0.05) is 70.0 Å². The highest BCUT2D eigenvalue weighted by atomic mass is 79.9. The second-order valence-corrected chi connectivity index (χ2v) is 10.8. The number of benzene rings is 2. The van der Waals surface area contributed by atoms with Crippen molar-refractivity contribution in [3.05, 3.63) is 62.0 Å². The van der Waals surface area contributed by atoms with Crippen molar-refractivity contribution in [3.8, 4) is 5.75 Å². The molecule has 0 spiro atoms. The highest BCUT2D eigenvalue weighted by Gasteiger charge is 2.29. The number of nitrogens with one attached hydrogen (secondary N) is 1. The minimum atomic E-state index is -0.635. The van der Waals surface area contributed by atoms with E-state index >= 15 is 0 Å². The van der Waals surface area contributed by atoms with Crippen molar-refractivity contribution >= 4 is 50.9 Å². The Balaban J connectivity index is 2.25. The Kier molecular flexibility index (Phi) is 10.7. The molecule has 2 amide bonds. The molecule has 0 saturated carbocycles. The van der Waals surface area contributed by atoms with Gasteiger partial charge in [-0.15, -0.1) is 0 Å². The van der Waals surface area contributed by atoms with Gasteiger partial charge in [-0.25, -0.2) is 0 Å². The van der Waals surface area contributed by atoms with Gasteiger partial charge in [-0.3, -0.25) is 9.59 Å². The van der Waals surface area contributed by atoms with Gasteiger partial charge < -0.3 is 15.0 Å². The number of nitrogens with zero attached hydrogens (tertiary/aromatic N) is 1. The van der Waals surface area contributed by atoms with Crippen LogP contribution in [0, 0.1) is 0 Å². The minimum absolute atomic E-state index is 0.00623. The second kappa shape index (κ2) is 12.8. The molecular weight excluding hydrogens is 539 g/mol. The van der Waals surface area contributed by atoms with E-state index in [2.05, 4.69) is 42.0 Å². The predicted octanol–water partition coefficient (Wildman–Crippen LogP) is 6.77. The van der Waals surface area contributed by atoms with Gasteiger partial charge in [-0.05, 0) is 69.6 Å². The van der Waals surface area contributed by atoms with Crippen molar-refractivity contribution in [1.29, 1.82) is 0 Å². The molecule has 0 heterocycles. The number of carbonyl (C=O) groups excluding carboxylic acids is 2. The summed E-state index contributed by atoms with van der Waals surface area (Å²) in [4.78, 5) is 27.7. The Morgan fingerprint density at radius 3 is 2.35 bits per heavy atom. The number of ether oxygens (including phenoxy) is 1. The summed E-state index contributed by atoms with van der Waals surface area (Å²) in [6.07, 6.45) is 1.27. The largest absolute Gasteiger partial charge is 0.483 e. The number of carbonyl (C=O) groups is 2. The summed E-state index contributed by atoms with van der Waals surface area (Å²) in [5, 5.41) is 3.73. The Bertz CT molecular complexity index is 1010. The molecule has 2 rings (SSSR count). The molecule has 0 fully saturated rings. The molecule has 2 aromatic rings. The van der Waals surface area contributed by atoms with E-state index in [9.17, 15) is 9.59 Å². The Hall–Kier alpha value is -1.76. The van der Waals surface area contributed by atoms with Gasteiger partial charge in [0.15, 0.2) is 6.61 Å². The lowest BCUT2D eigenvalue weighted by atomic mass is 9.87. The molecular formula is C26H33BrCl2N2O3. The lowest BCUT2D eigenvalue weighted by Gasteiger charge is -2.30. The maximum atomic E-state index is 13.3. The molecule has 186 valence electrons. The molecule has 0 aromatic heterocycles. The maximum absolute atomic E-state index is 13.3. The van der Waals surface area contributed by atoms with E-state index in [1.807, 2.05) is 32.0 Å². The Labute approximate surface area is 221 Å². The molecule has 0 bridgehead atoms. The standard InChI is InChI=1S/C26H33BrCl2N2O3/c1-6-12-30-25(33)22(7-2)31(15-17-8-10-20(28)21(29)13-17)24(32)16-34-23-11-9-18(14-19(23)27)26(3,4)5/h8-11,13-14,22H,6-7,12,15-16H2,1-5H3,(H,30,33). The molecule has 0 radical (unpaired) electrons. The van der Waals surface area contributed by atoms with Crippen LogP contribution in [0.25, 0.3) is 0 Å². The third-order valence-electron chi connectivity index (χ3n) is 5.42. The van der Waals surface area contributed by atoms with Crippen LogP contribution in [0.15, 0.2) is 40.9 Å². The van der Waals surface area contributed by atoms with Crippen molar-refractivity contribution in [3.63, 3.8) is 0 Å². The highest BCUT2D eigenvalue weighted by Crippen LogP contribution is 2.31. The van der Waals surface area contributed by atoms with Crippen LogP contribution in [0.3, 0.4) is 0 Å². The number of rotatable bonds is 10. The lowest BCUT2D eigenvalue weighted by molar-refractivity contribution is -0.143. The SMILES string of the molecule is CCCNC(=O)C(CC)N(Cc1ccc(Cl)c(Cl)c1)C(=O)COc1ccc(C(C)(C)C)cc1Br. The summed E-state index contributed by atoms with van der Waals surface area (Å²) in [7, 11) is 0. The van der Waals surface area contributed by atoms with Crippen LogP contribution < -0.4 is 10.1 Å². The van der Waals surface area contributed by atoms with Gasteiger partial charge in [0.05, 0.1) is 14.5 Å². The van der Waals surface area contributed by atoms with Crippen LogP contribution in [0.2, 0.25) is 10.0 Å². The van der Waals surface area contributed by atoms with Gasteiger partial charge in [0, 0.05) is 13.1 Å². The number of halogens is 3. The fourth-order valence-electron chi connectivity index (χ4n) is 3.43. The van der Waals surface area contributed by atoms with Crippen LogP contribution in [0.5, 0.6) is 5.75 Å². The molecule has 2 aromatic carbocycles. The van der Waals surface area contributed by atoms with Gasteiger partial charge in [0.25, 0.3) is 5.91 Å². The monoisotopic (exact) mass is 570 g/mol. The molecule has 0 aliphatic heterocycles. The minimum Gasteiger partial charge on any atom is -0.483 e. The molecule has 8 heteroatoms. The number of hydrogen-bond donors (Lipinski definition) is 1. The predicted molar refractivity (Wildman–Crippen MR) is 143 cm³/mol. The summed E-state index contributed by atoms with van der Waals surface area (Å²) < 4.78 is 6.64. The van der Waals surface area contributed by atoms with Crippen LogP contribution in [0.1, 0.15) is 58.6 Å². The fourth-order valence-corrected chi connectivity index (χ4v) is 4.24. The summed E-state index contributed by atoms with van der Waals surface area (Å²) in [6.45, 7) is 10.8. The van der Waals surface area contributed by atoms with Gasteiger partial charge >= 0.3 is 0 Å². The molecule has 0 saturated heterocycles. The van der Waals surface area contributed by atoms with Crippen molar-refractivity contribution in [2.75, 3.05) is 13.2 Å². The van der Waals surface area contributed by atoms with Crippen molar-refractivity contribution < 1.29 is 14.3 Å². The zero-order valence-electron chi connectivity index (χ0n) is 20.4. The van der Waals surface area contributed by atoms with E-state index < -0.39 is 6.04 Å². The van der Waals surface area contributed by atoms with E-state index in [0.717, 1.165) is 22.0 Å². The summed E-state index contributed by atoms with van der Waals surface area (Å²) in [6, 6.07) is 10.4. The zero-order valence-corrected chi connectivity index (χ0v) is 23.5. The third-order valence-corrected chi connectivity index (χ3v) is 6.78. The van der Waals surface area contributed by atoms with E-state index in [1.165, 1.54) is 0 Å². The van der Waals surface area contributed by atoms with E-state index in [-0.39, 0.29) is 30.4 Å². The zero-order chi connectivity index (χ0) is 25.5. The molecule has 1 atom stereocenters. The Morgan fingerprint density at radius 2 is 1.79 bits per heavy atom. The van der Waals surface area contributed by atoms with Gasteiger partial charge in [0.1, 0.15) is 11.8 Å². The van der Waals surface area contributed by atoms with Gasteiger partial charge in [0.2, 0.25) is 5.91 Å². The summed E-state index contributed by atoms with van der Waals surface area (Å²) in [5.74, 6) is 0.0872. The second-order valence-electron chi connectivity index (χ2n) is 9.17. The normalized spacial score (nSPS) is 12.2. The molecule has 0 aliphatic carbocycles. The first kappa shape index (κ1) is 28.5. The number of hydrogen-bond acceptors (Lipinski definition) is 3. The molecule has 5 nitrogen and oxygen atoms in total. The van der Waals surface area contributed by atoms with E-state index in [4.69, 9.17) is 27.9 Å².